The molecule has 5 rings (SSSR count). The number of pyridine rings is 1. The van der Waals surface area contributed by atoms with E-state index >= 15 is 0 Å². The van der Waals surface area contributed by atoms with Gasteiger partial charge in [0.25, 0.3) is 11.8 Å². The number of aromatic hydroxyl groups is 1. The lowest BCUT2D eigenvalue weighted by Gasteiger charge is -2.36. The van der Waals surface area contributed by atoms with E-state index in [0.717, 1.165) is 41.5 Å². The Morgan fingerprint density at radius 2 is 1.77 bits per heavy atom. The molecule has 7 nitrogen and oxygen atoms in total. The van der Waals surface area contributed by atoms with Crippen LogP contribution in [0.15, 0.2) is 53.6 Å². The van der Waals surface area contributed by atoms with Gasteiger partial charge in [0.05, 0.1) is 11.8 Å². The average Bonchev–Trinajstić information content (AvgIpc) is 3.40. The Morgan fingerprint density at radius 1 is 1.02 bits per heavy atom. The molecule has 1 aliphatic carbocycles. The molecule has 2 aromatic carbocycles. The van der Waals surface area contributed by atoms with Crippen molar-refractivity contribution < 1.29 is 37.0 Å². The summed E-state index contributed by atoms with van der Waals surface area (Å²) in [5, 5.41) is 12.7. The molecule has 2 heterocycles. The van der Waals surface area contributed by atoms with E-state index in [-0.39, 0.29) is 37.1 Å². The van der Waals surface area contributed by atoms with Crippen molar-refractivity contribution >= 4 is 23.6 Å². The standard InChI is InChI=1S/C28H25F4N3O4S/c29-16-2-8-23(36)21(11-16)27(38)35(28(31)32)19-5-3-18(4-6-19)34-25(37)22-12-17(30)14-33-26(22)39-20-7-1-15-9-10-40-24(15)13-20/h1-2,7-8,11-14,18-19,28,36H,3-6,9-10H2,(H,34,37). The van der Waals surface area contributed by atoms with Crippen molar-refractivity contribution in [2.45, 2.75) is 55.6 Å². The molecule has 0 saturated heterocycles. The fourth-order valence-corrected chi connectivity index (χ4v) is 6.08. The second-order valence-electron chi connectivity index (χ2n) is 9.61. The highest BCUT2D eigenvalue weighted by molar-refractivity contribution is 7.99. The normalized spacial score (nSPS) is 18.3. The van der Waals surface area contributed by atoms with Gasteiger partial charge in [-0.25, -0.2) is 13.8 Å². The molecule has 12 heteroatoms. The fourth-order valence-electron chi connectivity index (χ4n) is 4.99. The van der Waals surface area contributed by atoms with Crippen molar-refractivity contribution in [2.24, 2.45) is 0 Å². The van der Waals surface area contributed by atoms with Crippen molar-refractivity contribution in [3.63, 3.8) is 0 Å². The van der Waals surface area contributed by atoms with Crippen molar-refractivity contribution in [3.05, 3.63) is 77.0 Å². The number of aromatic nitrogens is 1. The number of nitrogens with one attached hydrogen (secondary N) is 1. The Balaban J connectivity index is 1.24. The number of carbonyl (C=O) groups excluding carboxylic acids is 2. The van der Waals surface area contributed by atoms with Gasteiger partial charge in [-0.15, -0.1) is 11.8 Å². The number of phenolic OH excluding ortho intramolecular Hbond substituents is 1. The van der Waals surface area contributed by atoms with Crippen LogP contribution in [0.4, 0.5) is 17.6 Å². The van der Waals surface area contributed by atoms with Gasteiger partial charge >= 0.3 is 6.55 Å². The van der Waals surface area contributed by atoms with Gasteiger partial charge in [-0.05, 0) is 74.1 Å². The molecular formula is C28H25F4N3O4S. The zero-order valence-electron chi connectivity index (χ0n) is 21.1. The van der Waals surface area contributed by atoms with Crippen LogP contribution < -0.4 is 10.1 Å². The zero-order valence-corrected chi connectivity index (χ0v) is 21.9. The predicted octanol–water partition coefficient (Wildman–Crippen LogP) is 5.91. The molecule has 3 aromatic rings. The van der Waals surface area contributed by atoms with Crippen LogP contribution in [0.5, 0.6) is 17.4 Å². The largest absolute Gasteiger partial charge is 0.507 e. The number of amides is 2. The maximum absolute atomic E-state index is 14.0. The number of hydrogen-bond donors (Lipinski definition) is 2. The lowest BCUT2D eigenvalue weighted by atomic mass is 9.89. The first kappa shape index (κ1) is 27.8. The Labute approximate surface area is 231 Å². The number of benzene rings is 2. The number of fused-ring (bicyclic) bond motifs is 1. The minimum Gasteiger partial charge on any atom is -0.507 e. The molecule has 2 aliphatic rings. The highest BCUT2D eigenvalue weighted by Crippen LogP contribution is 2.36. The van der Waals surface area contributed by atoms with Crippen LogP contribution in [0.25, 0.3) is 0 Å². The van der Waals surface area contributed by atoms with Crippen molar-refractivity contribution in [1.29, 1.82) is 0 Å². The van der Waals surface area contributed by atoms with Gasteiger partial charge in [0.15, 0.2) is 0 Å². The molecule has 2 N–H and O–H groups in total. The summed E-state index contributed by atoms with van der Waals surface area (Å²) in [6.45, 7) is -3.18. The molecule has 210 valence electrons. The maximum Gasteiger partial charge on any atom is 0.317 e. The first-order valence-electron chi connectivity index (χ1n) is 12.7. The molecular weight excluding hydrogens is 550 g/mol. The second kappa shape index (κ2) is 11.7. The van der Waals surface area contributed by atoms with Gasteiger partial charge < -0.3 is 15.2 Å². The number of nitrogens with zero attached hydrogens (tertiary/aromatic N) is 2. The van der Waals surface area contributed by atoms with Gasteiger partial charge in [-0.3, -0.25) is 14.5 Å². The third-order valence-corrected chi connectivity index (χ3v) is 8.10. The highest BCUT2D eigenvalue weighted by Gasteiger charge is 2.36. The molecule has 0 radical (unpaired) electrons. The Morgan fingerprint density at radius 3 is 2.52 bits per heavy atom. The van der Waals surface area contributed by atoms with Crippen LogP contribution >= 0.6 is 11.8 Å². The fraction of sp³-hybridized carbons (Fsp3) is 0.321. The van der Waals surface area contributed by atoms with Crippen molar-refractivity contribution in [3.8, 4) is 17.4 Å². The summed E-state index contributed by atoms with van der Waals surface area (Å²) >= 11 is 1.69. The van der Waals surface area contributed by atoms with Gasteiger partial charge in [0.2, 0.25) is 5.88 Å². The van der Waals surface area contributed by atoms with E-state index in [9.17, 15) is 32.3 Å². The van der Waals surface area contributed by atoms with Gasteiger partial charge in [-0.2, -0.15) is 8.78 Å². The maximum atomic E-state index is 14.0. The van der Waals surface area contributed by atoms with Crippen LogP contribution in [-0.4, -0.2) is 51.2 Å². The third kappa shape index (κ3) is 6.01. The number of hydrogen-bond acceptors (Lipinski definition) is 6. The smallest absolute Gasteiger partial charge is 0.317 e. The number of halogens is 4. The minimum atomic E-state index is -3.18. The van der Waals surface area contributed by atoms with E-state index in [1.807, 2.05) is 12.1 Å². The number of thioether (sulfide) groups is 1. The number of rotatable bonds is 7. The monoisotopic (exact) mass is 575 g/mol. The van der Waals surface area contributed by atoms with E-state index in [4.69, 9.17) is 4.74 Å². The minimum absolute atomic E-state index is 0.0695. The lowest BCUT2D eigenvalue weighted by Crippen LogP contribution is -2.48. The van der Waals surface area contributed by atoms with E-state index in [1.165, 1.54) is 5.56 Å². The van der Waals surface area contributed by atoms with Gasteiger partial charge in [0, 0.05) is 22.7 Å². The molecule has 1 aliphatic heterocycles. The number of phenols is 1. The molecule has 40 heavy (non-hydrogen) atoms. The second-order valence-corrected chi connectivity index (χ2v) is 10.7. The van der Waals surface area contributed by atoms with Crippen molar-refractivity contribution in [1.82, 2.24) is 15.2 Å². The van der Waals surface area contributed by atoms with Crippen LogP contribution in [0.2, 0.25) is 0 Å². The summed E-state index contributed by atoms with van der Waals surface area (Å²) < 4.78 is 61.3. The van der Waals surface area contributed by atoms with E-state index < -0.39 is 53.4 Å². The number of carbonyl (C=O) groups is 2. The van der Waals surface area contributed by atoms with E-state index in [1.54, 1.807) is 17.8 Å². The number of aryl methyl sites for hydroxylation is 1. The molecule has 0 bridgehead atoms. The van der Waals surface area contributed by atoms with Crippen LogP contribution in [0, 0.1) is 11.6 Å². The van der Waals surface area contributed by atoms with E-state index in [2.05, 4.69) is 10.3 Å². The van der Waals surface area contributed by atoms with Crippen LogP contribution in [-0.2, 0) is 6.42 Å². The summed E-state index contributed by atoms with van der Waals surface area (Å²) in [5.74, 6) is -2.62. The molecule has 0 unspecified atom stereocenters. The first-order chi connectivity index (χ1) is 19.2. The third-order valence-electron chi connectivity index (χ3n) is 7.00. The number of alkyl halides is 2. The van der Waals surface area contributed by atoms with E-state index in [0.29, 0.717) is 16.7 Å². The SMILES string of the molecule is O=C(NC1CCC(N(C(=O)c2cc(F)ccc2O)C(F)F)CC1)c1cc(F)cnc1Oc1ccc2c(c1)SCC2. The molecule has 1 saturated carbocycles. The van der Waals surface area contributed by atoms with Crippen LogP contribution in [0.1, 0.15) is 52.0 Å². The van der Waals surface area contributed by atoms with Gasteiger partial charge in [-0.1, -0.05) is 6.07 Å². The summed E-state index contributed by atoms with van der Waals surface area (Å²) in [7, 11) is 0. The molecule has 1 aromatic heterocycles. The quantitative estimate of drug-likeness (QED) is 0.269. The Kier molecular flexibility index (Phi) is 8.15. The van der Waals surface area contributed by atoms with Crippen LogP contribution in [0.3, 0.4) is 0 Å². The Hall–Kier alpha value is -3.80. The lowest BCUT2D eigenvalue weighted by molar-refractivity contribution is -0.0433. The summed E-state index contributed by atoms with van der Waals surface area (Å²) in [5.41, 5.74) is 0.544. The molecule has 2 amide bonds. The van der Waals surface area contributed by atoms with Gasteiger partial charge in [0.1, 0.15) is 28.7 Å². The highest BCUT2D eigenvalue weighted by atomic mass is 32.2. The van der Waals surface area contributed by atoms with Crippen molar-refractivity contribution in [2.75, 3.05) is 5.75 Å². The topological polar surface area (TPSA) is 91.8 Å². The molecule has 0 atom stereocenters. The number of ether oxygens (including phenoxy) is 1. The average molecular weight is 576 g/mol. The zero-order chi connectivity index (χ0) is 28.4. The predicted molar refractivity (Wildman–Crippen MR) is 139 cm³/mol. The first-order valence-corrected chi connectivity index (χ1v) is 13.7. The molecule has 0 spiro atoms. The Bertz CT molecular complexity index is 1430. The summed E-state index contributed by atoms with van der Waals surface area (Å²) in [4.78, 5) is 31.2. The summed E-state index contributed by atoms with van der Waals surface area (Å²) in [6.07, 6.45) is 2.66. The summed E-state index contributed by atoms with van der Waals surface area (Å²) in [6, 6.07) is 7.81. The molecule has 1 fully saturated rings.